The van der Waals surface area contributed by atoms with Gasteiger partial charge in [-0.25, -0.2) is 16.8 Å². The molecule has 0 aromatic heterocycles. The van der Waals surface area contributed by atoms with Crippen LogP contribution in [0.25, 0.3) is 0 Å². The van der Waals surface area contributed by atoms with Gasteiger partial charge in [-0.2, -0.15) is 4.31 Å². The summed E-state index contributed by atoms with van der Waals surface area (Å²) in [6, 6.07) is 6.63. The van der Waals surface area contributed by atoms with Crippen LogP contribution in [0.3, 0.4) is 0 Å². The molecule has 0 unspecified atom stereocenters. The number of sulfonamides is 2. The molecule has 1 aliphatic rings. The van der Waals surface area contributed by atoms with Crippen LogP contribution in [0.2, 0.25) is 0 Å². The molecule has 2 aromatic rings. The summed E-state index contributed by atoms with van der Waals surface area (Å²) >= 11 is 0. The molecule has 1 saturated heterocycles. The van der Waals surface area contributed by atoms with Gasteiger partial charge in [-0.1, -0.05) is 6.07 Å². The van der Waals surface area contributed by atoms with E-state index in [2.05, 4.69) is 4.72 Å². The topological polar surface area (TPSA) is 96.0 Å². The Labute approximate surface area is 204 Å². The zero-order chi connectivity index (χ0) is 25.3. The van der Waals surface area contributed by atoms with Crippen molar-refractivity contribution in [3.63, 3.8) is 0 Å². The smallest absolute Gasteiger partial charge is 0.262 e. The van der Waals surface area contributed by atoms with Crippen LogP contribution in [0, 0.1) is 27.7 Å². The molecule has 34 heavy (non-hydrogen) atoms. The van der Waals surface area contributed by atoms with E-state index in [1.807, 2.05) is 38.7 Å². The summed E-state index contributed by atoms with van der Waals surface area (Å²) in [4.78, 5) is 2.28. The van der Waals surface area contributed by atoms with Crippen molar-refractivity contribution in [1.29, 1.82) is 0 Å². The largest absolute Gasteiger partial charge is 0.379 e. The second kappa shape index (κ2) is 10.2. The maximum Gasteiger partial charge on any atom is 0.262 e. The van der Waals surface area contributed by atoms with Crippen LogP contribution in [0.4, 0.5) is 11.4 Å². The number of anilines is 2. The molecule has 2 aromatic carbocycles. The van der Waals surface area contributed by atoms with Crippen molar-refractivity contribution in [3.8, 4) is 0 Å². The highest BCUT2D eigenvalue weighted by atomic mass is 32.2. The van der Waals surface area contributed by atoms with E-state index >= 15 is 0 Å². The number of nitrogens with one attached hydrogen (secondary N) is 1. The van der Waals surface area contributed by atoms with Gasteiger partial charge in [-0.05, 0) is 82.0 Å². The monoisotopic (exact) mass is 509 g/mol. The molecule has 8 nitrogen and oxygen atoms in total. The van der Waals surface area contributed by atoms with E-state index < -0.39 is 20.0 Å². The van der Waals surface area contributed by atoms with E-state index in [1.54, 1.807) is 26.0 Å². The van der Waals surface area contributed by atoms with Gasteiger partial charge >= 0.3 is 0 Å². The van der Waals surface area contributed by atoms with Crippen molar-refractivity contribution in [2.75, 3.05) is 49.0 Å². The standard InChI is InChI=1S/C24H35N3O5S2/c1-7-26(8-2)23-10-9-21(34(30,31)27-11-13-32-14-12-27)16-22(23)25-33(28,29)24-19(5)17(3)15-18(4)20(24)6/h9-10,15-16,25H,7-8,11-14H2,1-6H3. The van der Waals surface area contributed by atoms with Crippen LogP contribution in [0.5, 0.6) is 0 Å². The lowest BCUT2D eigenvalue weighted by molar-refractivity contribution is 0.0730. The minimum absolute atomic E-state index is 0.0527. The van der Waals surface area contributed by atoms with E-state index in [1.165, 1.54) is 10.4 Å². The normalized spacial score (nSPS) is 15.4. The molecule has 3 rings (SSSR count). The van der Waals surface area contributed by atoms with Gasteiger partial charge in [0.15, 0.2) is 0 Å². The lowest BCUT2D eigenvalue weighted by Crippen LogP contribution is -2.40. The number of nitrogens with zero attached hydrogens (tertiary/aromatic N) is 2. The zero-order valence-electron chi connectivity index (χ0n) is 20.8. The van der Waals surface area contributed by atoms with Gasteiger partial charge in [0, 0.05) is 26.2 Å². The first kappa shape index (κ1) is 26.5. The number of hydrogen-bond acceptors (Lipinski definition) is 6. The molecule has 1 fully saturated rings. The zero-order valence-corrected chi connectivity index (χ0v) is 22.4. The lowest BCUT2D eigenvalue weighted by Gasteiger charge is -2.28. The minimum atomic E-state index is -3.98. The third-order valence-corrected chi connectivity index (χ3v) is 10.0. The molecule has 0 amide bonds. The molecule has 0 aliphatic carbocycles. The Kier molecular flexibility index (Phi) is 7.96. The number of aryl methyl sites for hydroxylation is 2. The van der Waals surface area contributed by atoms with Gasteiger partial charge in [0.2, 0.25) is 10.0 Å². The molecule has 10 heteroatoms. The van der Waals surface area contributed by atoms with E-state index in [-0.39, 0.29) is 28.6 Å². The summed E-state index contributed by atoms with van der Waals surface area (Å²) in [5.41, 5.74) is 4.01. The van der Waals surface area contributed by atoms with Crippen molar-refractivity contribution in [1.82, 2.24) is 4.31 Å². The van der Waals surface area contributed by atoms with Crippen LogP contribution in [-0.2, 0) is 24.8 Å². The van der Waals surface area contributed by atoms with Crippen molar-refractivity contribution >= 4 is 31.4 Å². The van der Waals surface area contributed by atoms with Crippen LogP contribution >= 0.6 is 0 Å². The maximum absolute atomic E-state index is 13.7. The second-order valence-corrected chi connectivity index (χ2v) is 12.1. The maximum atomic E-state index is 13.7. The Hall–Kier alpha value is -2.14. The van der Waals surface area contributed by atoms with Gasteiger partial charge in [0.25, 0.3) is 10.0 Å². The van der Waals surface area contributed by atoms with Gasteiger partial charge < -0.3 is 9.64 Å². The molecule has 188 valence electrons. The van der Waals surface area contributed by atoms with Crippen LogP contribution in [-0.4, -0.2) is 60.5 Å². The van der Waals surface area contributed by atoms with E-state index in [4.69, 9.17) is 4.74 Å². The molecule has 0 radical (unpaired) electrons. The molecular weight excluding hydrogens is 474 g/mol. The highest BCUT2D eigenvalue weighted by Crippen LogP contribution is 2.34. The Balaban J connectivity index is 2.15. The second-order valence-electron chi connectivity index (χ2n) is 8.56. The SMILES string of the molecule is CCN(CC)c1ccc(S(=O)(=O)N2CCOCC2)cc1NS(=O)(=O)c1c(C)c(C)cc(C)c1C. The number of ether oxygens (including phenoxy) is 1. The summed E-state index contributed by atoms with van der Waals surface area (Å²) < 4.78 is 63.2. The van der Waals surface area contributed by atoms with Crippen LogP contribution < -0.4 is 9.62 Å². The summed E-state index contributed by atoms with van der Waals surface area (Å²) in [6.45, 7) is 13.8. The molecule has 0 saturated carbocycles. The average Bonchev–Trinajstić information content (AvgIpc) is 2.79. The lowest BCUT2D eigenvalue weighted by atomic mass is 10.0. The van der Waals surface area contributed by atoms with E-state index in [0.717, 1.165) is 11.1 Å². The minimum Gasteiger partial charge on any atom is -0.379 e. The van der Waals surface area contributed by atoms with Crippen molar-refractivity contribution in [2.45, 2.75) is 51.3 Å². The Morgan fingerprint density at radius 2 is 1.47 bits per heavy atom. The highest BCUT2D eigenvalue weighted by Gasteiger charge is 2.29. The third-order valence-electron chi connectivity index (χ3n) is 6.49. The first-order valence-electron chi connectivity index (χ1n) is 11.5. The van der Waals surface area contributed by atoms with Crippen molar-refractivity contribution < 1.29 is 21.6 Å². The van der Waals surface area contributed by atoms with E-state index in [0.29, 0.717) is 43.1 Å². The number of rotatable bonds is 8. The molecule has 0 spiro atoms. The number of morpholine rings is 1. The number of hydrogen-bond donors (Lipinski definition) is 1. The number of benzene rings is 2. The van der Waals surface area contributed by atoms with E-state index in [9.17, 15) is 16.8 Å². The Bertz CT molecular complexity index is 1240. The molecule has 0 atom stereocenters. The molecule has 0 bridgehead atoms. The first-order chi connectivity index (χ1) is 15.9. The summed E-state index contributed by atoms with van der Waals surface area (Å²) in [6.07, 6.45) is 0. The molecule has 1 aliphatic heterocycles. The summed E-state index contributed by atoms with van der Waals surface area (Å²) in [7, 11) is -7.77. The van der Waals surface area contributed by atoms with Gasteiger partial charge in [-0.15, -0.1) is 0 Å². The van der Waals surface area contributed by atoms with Crippen LogP contribution in [0.15, 0.2) is 34.1 Å². The quantitative estimate of drug-likeness (QED) is 0.584. The predicted molar refractivity (Wildman–Crippen MR) is 136 cm³/mol. The summed E-state index contributed by atoms with van der Waals surface area (Å²) in [5, 5.41) is 0. The Morgan fingerprint density at radius 1 is 0.912 bits per heavy atom. The highest BCUT2D eigenvalue weighted by molar-refractivity contribution is 7.93. The fraction of sp³-hybridized carbons (Fsp3) is 0.500. The van der Waals surface area contributed by atoms with Crippen molar-refractivity contribution in [2.24, 2.45) is 0 Å². The Morgan fingerprint density at radius 3 is 2.00 bits per heavy atom. The molecule has 1 heterocycles. The summed E-state index contributed by atoms with van der Waals surface area (Å²) in [5.74, 6) is 0. The molecule has 1 N–H and O–H groups in total. The van der Waals surface area contributed by atoms with Gasteiger partial charge in [0.05, 0.1) is 34.4 Å². The van der Waals surface area contributed by atoms with Gasteiger partial charge in [0.1, 0.15) is 0 Å². The van der Waals surface area contributed by atoms with Gasteiger partial charge in [-0.3, -0.25) is 4.72 Å². The average molecular weight is 510 g/mol. The van der Waals surface area contributed by atoms with Crippen LogP contribution in [0.1, 0.15) is 36.1 Å². The van der Waals surface area contributed by atoms with Crippen molar-refractivity contribution in [3.05, 3.63) is 46.5 Å². The third kappa shape index (κ3) is 5.10. The molecular formula is C24H35N3O5S2. The first-order valence-corrected chi connectivity index (χ1v) is 14.4. The fourth-order valence-electron chi connectivity index (χ4n) is 4.31. The fourth-order valence-corrected chi connectivity index (χ4v) is 7.43. The predicted octanol–water partition coefficient (Wildman–Crippen LogP) is 3.59.